The molecule has 0 unspecified atom stereocenters. The van der Waals surface area contributed by atoms with E-state index in [1.165, 1.54) is 6.07 Å². The maximum Gasteiger partial charge on any atom is 2.00 e. The molecular weight excluding hydrogens is 239 g/mol. The molecule has 11 heavy (non-hydrogen) atoms. The van der Waals surface area contributed by atoms with Gasteiger partial charge in [-0.15, -0.1) is 11.6 Å². The molecule has 1 rings (SSSR count). The summed E-state index contributed by atoms with van der Waals surface area (Å²) >= 11 is 5.51. The Kier molecular flexibility index (Phi) is 7.30. The van der Waals surface area contributed by atoms with E-state index in [9.17, 15) is 4.39 Å². The Hall–Kier alpha value is 0.223. The molecule has 0 spiro atoms. The van der Waals surface area contributed by atoms with E-state index in [0.717, 1.165) is 0 Å². The van der Waals surface area contributed by atoms with E-state index in [1.54, 1.807) is 12.1 Å². The molecule has 0 saturated carbocycles. The topological polar surface area (TPSA) is 0 Å². The fourth-order valence-electron chi connectivity index (χ4n) is 0.532. The minimum absolute atomic E-state index is 0. The SMILES string of the molecule is [CH2-]c1c(F)cccc1Cl.[Cl-].[Zn+2]. The van der Waals surface area contributed by atoms with Gasteiger partial charge >= 0.3 is 19.5 Å². The van der Waals surface area contributed by atoms with Crippen LogP contribution in [0.2, 0.25) is 5.02 Å². The summed E-state index contributed by atoms with van der Waals surface area (Å²) in [5, 5.41) is 0.370. The van der Waals surface area contributed by atoms with Gasteiger partial charge in [0.15, 0.2) is 0 Å². The van der Waals surface area contributed by atoms with Gasteiger partial charge < -0.3 is 12.4 Å². The Morgan fingerprint density at radius 1 is 1.36 bits per heavy atom. The van der Waals surface area contributed by atoms with Crippen LogP contribution >= 0.6 is 11.6 Å². The van der Waals surface area contributed by atoms with Gasteiger partial charge in [-0.05, 0) is 0 Å². The molecule has 0 heterocycles. The van der Waals surface area contributed by atoms with Crippen molar-refractivity contribution in [2.45, 2.75) is 0 Å². The summed E-state index contributed by atoms with van der Waals surface area (Å²) in [7, 11) is 0. The second-order valence-corrected chi connectivity index (χ2v) is 2.11. The second-order valence-electron chi connectivity index (χ2n) is 1.70. The Morgan fingerprint density at radius 3 is 2.27 bits per heavy atom. The molecule has 0 N–H and O–H groups in total. The molecule has 0 nitrogen and oxygen atoms in total. The molecule has 1 aromatic carbocycles. The standard InChI is InChI=1S/C7H5ClF.ClH.Zn/c1-5-6(8)3-2-4-7(5)9;;/h2-4H,1H2;1H;/q-1;;+2/p-1. The maximum atomic E-state index is 12.4. The average molecular weight is 244 g/mol. The van der Waals surface area contributed by atoms with Gasteiger partial charge in [-0.1, -0.05) is 17.2 Å². The molecule has 0 aromatic heterocycles. The van der Waals surface area contributed by atoms with Crippen molar-refractivity contribution in [3.63, 3.8) is 0 Å². The first kappa shape index (κ1) is 13.8. The summed E-state index contributed by atoms with van der Waals surface area (Å²) in [5.74, 6) is -0.359. The molecule has 4 heteroatoms. The molecule has 0 aliphatic heterocycles. The van der Waals surface area contributed by atoms with Crippen LogP contribution in [0, 0.1) is 12.7 Å². The molecule has 0 bridgehead atoms. The summed E-state index contributed by atoms with van der Waals surface area (Å²) in [5.41, 5.74) is 0.263. The van der Waals surface area contributed by atoms with E-state index in [2.05, 4.69) is 6.92 Å². The van der Waals surface area contributed by atoms with Crippen molar-refractivity contribution in [1.29, 1.82) is 0 Å². The molecule has 0 amide bonds. The summed E-state index contributed by atoms with van der Waals surface area (Å²) in [6.07, 6.45) is 0. The van der Waals surface area contributed by atoms with E-state index in [-0.39, 0.29) is 43.3 Å². The first-order chi connectivity index (χ1) is 4.22. The zero-order valence-electron chi connectivity index (χ0n) is 5.78. The predicted molar refractivity (Wildman–Crippen MR) is 35.9 cm³/mol. The van der Waals surface area contributed by atoms with Crippen LogP contribution in [0.25, 0.3) is 0 Å². The van der Waals surface area contributed by atoms with Crippen LogP contribution in [0.1, 0.15) is 5.56 Å². The van der Waals surface area contributed by atoms with Crippen molar-refractivity contribution >= 4 is 11.6 Å². The van der Waals surface area contributed by atoms with Crippen molar-refractivity contribution in [2.75, 3.05) is 0 Å². The summed E-state index contributed by atoms with van der Waals surface area (Å²) in [6, 6.07) is 4.48. The maximum absolute atomic E-state index is 12.4. The van der Waals surface area contributed by atoms with Crippen molar-refractivity contribution in [1.82, 2.24) is 0 Å². The third kappa shape index (κ3) is 3.42. The van der Waals surface area contributed by atoms with Gasteiger partial charge in [-0.25, -0.2) is 0 Å². The van der Waals surface area contributed by atoms with Crippen LogP contribution < -0.4 is 12.4 Å². The smallest absolute Gasteiger partial charge is 1.00 e. The molecule has 0 saturated heterocycles. The van der Waals surface area contributed by atoms with Gasteiger partial charge in [0.05, 0.1) is 0 Å². The molecule has 56 valence electrons. The van der Waals surface area contributed by atoms with E-state index >= 15 is 0 Å². The molecule has 0 atom stereocenters. The van der Waals surface area contributed by atoms with Gasteiger partial charge in [0, 0.05) is 5.82 Å². The number of benzene rings is 1. The Balaban J connectivity index is 0. The Morgan fingerprint density at radius 2 is 1.91 bits per heavy atom. The summed E-state index contributed by atoms with van der Waals surface area (Å²) in [6.45, 7) is 3.41. The molecular formula is C7H5Cl2FZn. The molecule has 0 radical (unpaired) electrons. The fourth-order valence-corrected chi connectivity index (χ4v) is 0.695. The quantitative estimate of drug-likeness (QED) is 0.433. The minimum atomic E-state index is -0.359. The Bertz CT molecular complexity index is 207. The van der Waals surface area contributed by atoms with E-state index in [0.29, 0.717) is 5.02 Å². The van der Waals surface area contributed by atoms with Crippen LogP contribution in [0.15, 0.2) is 18.2 Å². The third-order valence-corrected chi connectivity index (χ3v) is 1.42. The van der Waals surface area contributed by atoms with E-state index in [1.807, 2.05) is 0 Å². The van der Waals surface area contributed by atoms with Crippen LogP contribution in [-0.2, 0) is 19.5 Å². The molecule has 1 aromatic rings. The fraction of sp³-hybridized carbons (Fsp3) is 0. The van der Waals surface area contributed by atoms with Gasteiger partial charge in [-0.2, -0.15) is 18.5 Å². The van der Waals surface area contributed by atoms with E-state index in [4.69, 9.17) is 11.6 Å². The van der Waals surface area contributed by atoms with Crippen LogP contribution in [-0.4, -0.2) is 0 Å². The zero-order chi connectivity index (χ0) is 6.85. The molecule has 0 aliphatic rings. The number of hydrogen-bond acceptors (Lipinski definition) is 0. The number of halogens is 3. The number of rotatable bonds is 0. The molecule has 0 fully saturated rings. The van der Waals surface area contributed by atoms with Crippen LogP contribution in [0.4, 0.5) is 4.39 Å². The van der Waals surface area contributed by atoms with Gasteiger partial charge in [-0.3, -0.25) is 4.39 Å². The van der Waals surface area contributed by atoms with Crippen molar-refractivity contribution in [3.05, 3.63) is 41.5 Å². The predicted octanol–water partition coefficient (Wildman–Crippen LogP) is -0.337. The largest absolute Gasteiger partial charge is 2.00 e. The van der Waals surface area contributed by atoms with Crippen LogP contribution in [0.3, 0.4) is 0 Å². The second kappa shape index (κ2) is 5.82. The summed E-state index contributed by atoms with van der Waals surface area (Å²) < 4.78 is 12.4. The first-order valence-corrected chi connectivity index (χ1v) is 2.85. The van der Waals surface area contributed by atoms with Crippen LogP contribution in [0.5, 0.6) is 0 Å². The van der Waals surface area contributed by atoms with Gasteiger partial charge in [0.2, 0.25) is 0 Å². The molecule has 0 aliphatic carbocycles. The first-order valence-electron chi connectivity index (χ1n) is 2.48. The van der Waals surface area contributed by atoms with E-state index < -0.39 is 0 Å². The third-order valence-electron chi connectivity index (χ3n) is 1.06. The van der Waals surface area contributed by atoms with Crippen molar-refractivity contribution in [3.8, 4) is 0 Å². The monoisotopic (exact) mass is 242 g/mol. The van der Waals surface area contributed by atoms with Crippen molar-refractivity contribution < 1.29 is 36.3 Å². The minimum Gasteiger partial charge on any atom is -1.00 e. The summed E-state index contributed by atoms with van der Waals surface area (Å²) in [4.78, 5) is 0. The van der Waals surface area contributed by atoms with Gasteiger partial charge in [0.1, 0.15) is 0 Å². The average Bonchev–Trinajstić information content (AvgIpc) is 1.83. The normalized spacial score (nSPS) is 7.82. The Labute approximate surface area is 89.3 Å². The number of hydrogen-bond donors (Lipinski definition) is 0. The van der Waals surface area contributed by atoms with Gasteiger partial charge in [0.25, 0.3) is 0 Å². The zero-order valence-corrected chi connectivity index (χ0v) is 10.3. The van der Waals surface area contributed by atoms with Crippen molar-refractivity contribution in [2.24, 2.45) is 0 Å².